The van der Waals surface area contributed by atoms with Gasteiger partial charge in [0.25, 0.3) is 5.91 Å². The van der Waals surface area contributed by atoms with Crippen LogP contribution in [0.1, 0.15) is 75.2 Å². The second-order valence-electron chi connectivity index (χ2n) is 14.6. The molecular formula is C30H46F3N5O7. The van der Waals surface area contributed by atoms with Crippen molar-refractivity contribution in [3.05, 3.63) is 12.2 Å². The number of carbonyl (C=O) groups excluding carboxylic acids is 6. The van der Waals surface area contributed by atoms with Crippen LogP contribution in [0.15, 0.2) is 12.2 Å². The number of likely N-dealkylation sites (tertiary alicyclic amines) is 1. The predicted molar refractivity (Wildman–Crippen MR) is 157 cm³/mol. The van der Waals surface area contributed by atoms with E-state index in [9.17, 15) is 41.9 Å². The Kier molecular flexibility index (Phi) is 10.8. The summed E-state index contributed by atoms with van der Waals surface area (Å²) < 4.78 is 44.2. The van der Waals surface area contributed by atoms with Gasteiger partial charge in [0, 0.05) is 13.0 Å². The van der Waals surface area contributed by atoms with Crippen LogP contribution < -0.4 is 21.7 Å². The summed E-state index contributed by atoms with van der Waals surface area (Å²) in [6.07, 6.45) is -7.04. The number of hydrogen-bond donors (Lipinski definition) is 4. The molecule has 254 valence electrons. The number of nitrogens with zero attached hydrogens (tertiary/aromatic N) is 1. The number of piperidine rings is 1. The van der Waals surface area contributed by atoms with E-state index < -0.39 is 101 Å². The standard InChI is InChI=1S/C30H46F3N5O7/c1-14(2)18(25(43)45-28(6,7)8)36-26(44)37-21(27(3,4)5)24(42)38-13-15-17(29(15,9)10)19(38)23(41)35-16(20(39)22(34)40)11-12-30(31,32)33/h15-19,21H,1,11-13H2,2-10H3,(H2,34,40)(H,35,41)(H2,36,37,44)/t15-,16?,17-,18-,19-,21+/m0/s1. The van der Waals surface area contributed by atoms with Crippen molar-refractivity contribution in [3.8, 4) is 0 Å². The van der Waals surface area contributed by atoms with Crippen molar-refractivity contribution in [3.63, 3.8) is 0 Å². The van der Waals surface area contributed by atoms with E-state index in [0.29, 0.717) is 0 Å². The highest BCUT2D eigenvalue weighted by Gasteiger charge is 2.70. The Morgan fingerprint density at radius 1 is 1.00 bits per heavy atom. The van der Waals surface area contributed by atoms with E-state index >= 15 is 0 Å². The molecule has 0 aromatic carbocycles. The quantitative estimate of drug-likeness (QED) is 0.151. The maximum Gasteiger partial charge on any atom is 0.389 e. The van der Waals surface area contributed by atoms with Crippen molar-refractivity contribution in [2.45, 2.75) is 111 Å². The molecule has 5 amide bonds. The van der Waals surface area contributed by atoms with E-state index in [0.717, 1.165) is 0 Å². The fourth-order valence-corrected chi connectivity index (χ4v) is 5.68. The number of Topliss-reactive ketones (excluding diaryl/α,β-unsaturated/α-hetero) is 1. The molecule has 45 heavy (non-hydrogen) atoms. The zero-order valence-corrected chi connectivity index (χ0v) is 27.3. The third kappa shape index (κ3) is 9.42. The number of amides is 5. The van der Waals surface area contributed by atoms with Gasteiger partial charge in [0.15, 0.2) is 0 Å². The fraction of sp³-hybridized carbons (Fsp3) is 0.733. The number of halogens is 3. The van der Waals surface area contributed by atoms with Crippen LogP contribution in [0.5, 0.6) is 0 Å². The first-order chi connectivity index (χ1) is 20.2. The van der Waals surface area contributed by atoms with E-state index in [2.05, 4.69) is 22.5 Å². The molecule has 2 fully saturated rings. The average Bonchev–Trinajstić information content (AvgIpc) is 3.18. The number of nitrogens with two attached hydrogens (primary N) is 1. The van der Waals surface area contributed by atoms with Gasteiger partial charge in [-0.2, -0.15) is 13.2 Å². The van der Waals surface area contributed by atoms with Crippen LogP contribution >= 0.6 is 0 Å². The molecule has 1 heterocycles. The van der Waals surface area contributed by atoms with E-state index in [1.54, 1.807) is 41.5 Å². The van der Waals surface area contributed by atoms with Gasteiger partial charge in [-0.05, 0) is 62.4 Å². The van der Waals surface area contributed by atoms with Gasteiger partial charge in [0.05, 0.1) is 6.04 Å². The largest absolute Gasteiger partial charge is 0.458 e. The summed E-state index contributed by atoms with van der Waals surface area (Å²) in [4.78, 5) is 78.6. The maximum absolute atomic E-state index is 14.1. The molecular weight excluding hydrogens is 599 g/mol. The van der Waals surface area contributed by atoms with Crippen LogP contribution in [0.3, 0.4) is 0 Å². The van der Waals surface area contributed by atoms with Crippen LogP contribution in [0, 0.1) is 22.7 Å². The summed E-state index contributed by atoms with van der Waals surface area (Å²) >= 11 is 0. The molecule has 0 radical (unpaired) electrons. The number of nitrogens with one attached hydrogen (secondary N) is 3. The normalized spacial score (nSPS) is 22.7. The molecule has 0 aromatic rings. The zero-order valence-electron chi connectivity index (χ0n) is 27.3. The topological polar surface area (TPSA) is 177 Å². The summed E-state index contributed by atoms with van der Waals surface area (Å²) in [7, 11) is 0. The SMILES string of the molecule is C=C(C)[C@H](NC(=O)N[C@H](C(=O)N1C[C@H]2[C@@H]([C@H]1C(=O)NC(CCC(F)(F)F)C(=O)C(N)=O)C2(C)C)C(C)(C)C)C(=O)OC(C)(C)C. The molecule has 2 rings (SSSR count). The minimum absolute atomic E-state index is 0.105. The molecule has 1 unspecified atom stereocenters. The van der Waals surface area contributed by atoms with Crippen molar-refractivity contribution < 1.29 is 46.7 Å². The van der Waals surface area contributed by atoms with E-state index in [1.807, 2.05) is 13.8 Å². The molecule has 2 aliphatic rings. The van der Waals surface area contributed by atoms with Crippen LogP contribution in [-0.4, -0.2) is 82.9 Å². The number of esters is 1. The molecule has 0 spiro atoms. The van der Waals surface area contributed by atoms with E-state index in [-0.39, 0.29) is 18.0 Å². The first-order valence-electron chi connectivity index (χ1n) is 14.7. The van der Waals surface area contributed by atoms with Crippen molar-refractivity contribution in [2.24, 2.45) is 28.4 Å². The van der Waals surface area contributed by atoms with Crippen LogP contribution in [0.25, 0.3) is 0 Å². The van der Waals surface area contributed by atoms with Crippen molar-refractivity contribution in [1.29, 1.82) is 0 Å². The van der Waals surface area contributed by atoms with Gasteiger partial charge in [-0.1, -0.05) is 41.2 Å². The predicted octanol–water partition coefficient (Wildman–Crippen LogP) is 2.35. The number of ketones is 1. The van der Waals surface area contributed by atoms with Crippen molar-refractivity contribution >= 4 is 35.5 Å². The molecule has 1 saturated heterocycles. The Labute approximate surface area is 261 Å². The van der Waals surface area contributed by atoms with Crippen LogP contribution in [0.2, 0.25) is 0 Å². The second-order valence-corrected chi connectivity index (χ2v) is 14.6. The lowest BCUT2D eigenvalue weighted by atomic mass is 9.85. The first-order valence-corrected chi connectivity index (χ1v) is 14.7. The maximum atomic E-state index is 14.1. The minimum Gasteiger partial charge on any atom is -0.458 e. The summed E-state index contributed by atoms with van der Waals surface area (Å²) in [6.45, 7) is 19.1. The lowest BCUT2D eigenvalue weighted by molar-refractivity contribution is -0.156. The van der Waals surface area contributed by atoms with Gasteiger partial charge >= 0.3 is 18.2 Å². The zero-order chi connectivity index (χ0) is 35.0. The third-order valence-corrected chi connectivity index (χ3v) is 8.15. The monoisotopic (exact) mass is 645 g/mol. The van der Waals surface area contributed by atoms with Crippen LogP contribution in [-0.2, 0) is 28.7 Å². The Morgan fingerprint density at radius 3 is 2.00 bits per heavy atom. The molecule has 6 atom stereocenters. The van der Waals surface area contributed by atoms with Gasteiger partial charge in [0.1, 0.15) is 23.7 Å². The number of rotatable bonds is 11. The summed E-state index contributed by atoms with van der Waals surface area (Å²) in [5, 5.41) is 7.31. The highest BCUT2D eigenvalue weighted by Crippen LogP contribution is 2.65. The number of alkyl halides is 3. The molecule has 1 aliphatic carbocycles. The lowest BCUT2D eigenvalue weighted by Crippen LogP contribution is -2.62. The molecule has 15 heteroatoms. The number of carbonyl (C=O) groups is 6. The molecule has 1 aliphatic heterocycles. The molecule has 0 aromatic heterocycles. The van der Waals surface area contributed by atoms with Crippen LogP contribution in [0.4, 0.5) is 18.0 Å². The Balaban J connectivity index is 2.34. The summed E-state index contributed by atoms with van der Waals surface area (Å²) in [5.74, 6) is -5.76. The lowest BCUT2D eigenvalue weighted by Gasteiger charge is -2.38. The van der Waals surface area contributed by atoms with E-state index in [4.69, 9.17) is 10.5 Å². The van der Waals surface area contributed by atoms with Gasteiger partial charge in [0.2, 0.25) is 17.6 Å². The molecule has 1 saturated carbocycles. The summed E-state index contributed by atoms with van der Waals surface area (Å²) in [5.41, 5.74) is 3.14. The van der Waals surface area contributed by atoms with Gasteiger partial charge < -0.3 is 31.3 Å². The van der Waals surface area contributed by atoms with Gasteiger partial charge in [-0.3, -0.25) is 19.2 Å². The van der Waals surface area contributed by atoms with Crippen molar-refractivity contribution in [2.75, 3.05) is 6.54 Å². The Hall–Kier alpha value is -3.65. The number of hydrogen-bond acceptors (Lipinski definition) is 7. The smallest absolute Gasteiger partial charge is 0.389 e. The average molecular weight is 646 g/mol. The fourth-order valence-electron chi connectivity index (χ4n) is 5.68. The molecule has 5 N–H and O–H groups in total. The number of primary amides is 1. The Bertz CT molecular complexity index is 1240. The number of ether oxygens (including phenoxy) is 1. The van der Waals surface area contributed by atoms with E-state index in [1.165, 1.54) is 11.8 Å². The molecule has 12 nitrogen and oxygen atoms in total. The number of fused-ring (bicyclic) bond motifs is 1. The van der Waals surface area contributed by atoms with Gasteiger partial charge in [-0.15, -0.1) is 0 Å². The second kappa shape index (κ2) is 13.0. The first kappa shape index (κ1) is 37.5. The minimum atomic E-state index is -4.67. The highest BCUT2D eigenvalue weighted by atomic mass is 19.4. The highest BCUT2D eigenvalue weighted by molar-refractivity contribution is 6.37. The number of urea groups is 1. The van der Waals surface area contributed by atoms with Crippen molar-refractivity contribution in [1.82, 2.24) is 20.9 Å². The molecule has 0 bridgehead atoms. The summed E-state index contributed by atoms with van der Waals surface area (Å²) in [6, 6.07) is -6.39. The Morgan fingerprint density at radius 2 is 1.56 bits per heavy atom. The third-order valence-electron chi connectivity index (χ3n) is 8.15. The van der Waals surface area contributed by atoms with Gasteiger partial charge in [-0.25, -0.2) is 9.59 Å².